The summed E-state index contributed by atoms with van der Waals surface area (Å²) < 4.78 is 0. The van der Waals surface area contributed by atoms with Gasteiger partial charge in [-0.05, 0) is 36.7 Å². The summed E-state index contributed by atoms with van der Waals surface area (Å²) in [5.74, 6) is 0.245. The molecule has 112 valence electrons. The Morgan fingerprint density at radius 1 is 1.43 bits per heavy atom. The minimum atomic E-state index is 0.00272. The Balaban J connectivity index is 1.88. The molecule has 21 heavy (non-hydrogen) atoms. The van der Waals surface area contributed by atoms with Crippen molar-refractivity contribution in [3.8, 4) is 0 Å². The van der Waals surface area contributed by atoms with Crippen LogP contribution in [0, 0.1) is 5.92 Å². The molecule has 1 atom stereocenters. The fourth-order valence-corrected chi connectivity index (χ4v) is 2.52. The van der Waals surface area contributed by atoms with Gasteiger partial charge in [0.1, 0.15) is 6.33 Å². The first-order valence-electron chi connectivity index (χ1n) is 6.84. The molecule has 0 saturated carbocycles. The lowest BCUT2D eigenvalue weighted by Crippen LogP contribution is -2.21. The lowest BCUT2D eigenvalue weighted by molar-refractivity contribution is -0.117. The normalized spacial score (nSPS) is 12.1. The standard InChI is InChI=1S/C14H19N5OS/c1-2-10(8-15)7-13(20)18-11-3-5-12(6-4-11)21-14-16-9-17-19-14/h3-6,9-10H,2,7-8,15H2,1H3,(H,18,20)(H,16,17,19). The third kappa shape index (κ3) is 4.87. The van der Waals surface area contributed by atoms with Gasteiger partial charge in [-0.15, -0.1) is 0 Å². The van der Waals surface area contributed by atoms with E-state index >= 15 is 0 Å². The Bertz CT molecular complexity index is 551. The van der Waals surface area contributed by atoms with Gasteiger partial charge in [0.25, 0.3) is 0 Å². The molecule has 0 saturated heterocycles. The average molecular weight is 305 g/mol. The first-order chi connectivity index (χ1) is 10.2. The van der Waals surface area contributed by atoms with E-state index in [9.17, 15) is 4.79 Å². The van der Waals surface area contributed by atoms with Crippen LogP contribution < -0.4 is 11.1 Å². The molecule has 1 amide bonds. The Labute approximate surface area is 127 Å². The zero-order chi connectivity index (χ0) is 15.1. The number of carbonyl (C=O) groups is 1. The van der Waals surface area contributed by atoms with Gasteiger partial charge in [0.2, 0.25) is 5.91 Å². The monoisotopic (exact) mass is 305 g/mol. The van der Waals surface area contributed by atoms with Crippen molar-refractivity contribution in [3.63, 3.8) is 0 Å². The number of hydrogen-bond donors (Lipinski definition) is 3. The van der Waals surface area contributed by atoms with Gasteiger partial charge in [-0.25, -0.2) is 4.98 Å². The Kier molecular flexibility index (Phi) is 5.77. The van der Waals surface area contributed by atoms with E-state index in [0.29, 0.717) is 13.0 Å². The Morgan fingerprint density at radius 3 is 2.76 bits per heavy atom. The molecule has 0 aliphatic carbocycles. The van der Waals surface area contributed by atoms with Gasteiger partial charge in [-0.3, -0.25) is 9.89 Å². The van der Waals surface area contributed by atoms with Gasteiger partial charge in [0.05, 0.1) is 0 Å². The molecule has 2 aromatic rings. The van der Waals surface area contributed by atoms with Gasteiger partial charge < -0.3 is 11.1 Å². The van der Waals surface area contributed by atoms with Crippen LogP contribution in [0.1, 0.15) is 19.8 Å². The van der Waals surface area contributed by atoms with E-state index in [-0.39, 0.29) is 11.8 Å². The maximum atomic E-state index is 11.9. The number of nitrogens with zero attached hydrogens (tertiary/aromatic N) is 2. The highest BCUT2D eigenvalue weighted by Crippen LogP contribution is 2.25. The number of hydrogen-bond acceptors (Lipinski definition) is 5. The number of H-pyrrole nitrogens is 1. The van der Waals surface area contributed by atoms with Crippen LogP contribution in [0.25, 0.3) is 0 Å². The molecule has 1 heterocycles. The van der Waals surface area contributed by atoms with Crippen molar-refractivity contribution < 1.29 is 4.79 Å². The van der Waals surface area contributed by atoms with Crippen molar-refractivity contribution in [2.24, 2.45) is 11.7 Å². The van der Waals surface area contributed by atoms with Crippen LogP contribution in [0.4, 0.5) is 5.69 Å². The summed E-state index contributed by atoms with van der Waals surface area (Å²) in [5, 5.41) is 10.2. The second-order valence-electron chi connectivity index (χ2n) is 4.68. The molecular weight excluding hydrogens is 286 g/mol. The van der Waals surface area contributed by atoms with Crippen LogP contribution in [-0.4, -0.2) is 27.6 Å². The number of nitrogens with one attached hydrogen (secondary N) is 2. The maximum absolute atomic E-state index is 11.9. The van der Waals surface area contributed by atoms with Gasteiger partial charge in [0.15, 0.2) is 5.16 Å². The first-order valence-corrected chi connectivity index (χ1v) is 7.66. The van der Waals surface area contributed by atoms with E-state index in [1.807, 2.05) is 31.2 Å². The predicted octanol–water partition coefficient (Wildman–Crippen LogP) is 2.27. The summed E-state index contributed by atoms with van der Waals surface area (Å²) in [6, 6.07) is 7.62. The highest BCUT2D eigenvalue weighted by atomic mass is 32.2. The van der Waals surface area contributed by atoms with E-state index < -0.39 is 0 Å². The summed E-state index contributed by atoms with van der Waals surface area (Å²) in [6.45, 7) is 2.58. The van der Waals surface area contributed by atoms with E-state index in [2.05, 4.69) is 20.5 Å². The van der Waals surface area contributed by atoms with Crippen molar-refractivity contribution in [2.45, 2.75) is 29.8 Å². The van der Waals surface area contributed by atoms with Gasteiger partial charge in [-0.2, -0.15) is 5.10 Å². The molecule has 1 aromatic heterocycles. The number of nitrogens with two attached hydrogens (primary N) is 1. The average Bonchev–Trinajstić information content (AvgIpc) is 3.00. The molecule has 0 spiro atoms. The topological polar surface area (TPSA) is 96.7 Å². The van der Waals surface area contributed by atoms with E-state index in [1.165, 1.54) is 18.1 Å². The first kappa shape index (κ1) is 15.5. The molecule has 2 rings (SSSR count). The largest absolute Gasteiger partial charge is 0.330 e. The highest BCUT2D eigenvalue weighted by Gasteiger charge is 2.10. The number of rotatable bonds is 7. The van der Waals surface area contributed by atoms with Crippen LogP contribution in [0.3, 0.4) is 0 Å². The SMILES string of the molecule is CCC(CN)CC(=O)Nc1ccc(Sc2ncn[nH]2)cc1. The van der Waals surface area contributed by atoms with Crippen LogP contribution in [-0.2, 0) is 4.79 Å². The molecule has 6 nitrogen and oxygen atoms in total. The molecule has 0 radical (unpaired) electrons. The van der Waals surface area contributed by atoms with Crippen molar-refractivity contribution >= 4 is 23.4 Å². The van der Waals surface area contributed by atoms with Crippen LogP contribution >= 0.6 is 11.8 Å². The second kappa shape index (κ2) is 7.80. The van der Waals surface area contributed by atoms with E-state index in [0.717, 1.165) is 22.2 Å². The zero-order valence-corrected chi connectivity index (χ0v) is 12.7. The summed E-state index contributed by atoms with van der Waals surface area (Å²) in [7, 11) is 0. The van der Waals surface area contributed by atoms with Crippen LogP contribution in [0.2, 0.25) is 0 Å². The lowest BCUT2D eigenvalue weighted by Gasteiger charge is -2.12. The summed E-state index contributed by atoms with van der Waals surface area (Å²) in [4.78, 5) is 17.0. The minimum Gasteiger partial charge on any atom is -0.330 e. The fourth-order valence-electron chi connectivity index (χ4n) is 1.83. The molecule has 0 fully saturated rings. The Hall–Kier alpha value is -1.86. The van der Waals surface area contributed by atoms with Crippen molar-refractivity contribution in [2.75, 3.05) is 11.9 Å². The number of benzene rings is 1. The summed E-state index contributed by atoms with van der Waals surface area (Å²) >= 11 is 1.48. The molecule has 7 heteroatoms. The second-order valence-corrected chi connectivity index (χ2v) is 5.74. The van der Waals surface area contributed by atoms with Crippen molar-refractivity contribution in [1.82, 2.24) is 15.2 Å². The molecule has 4 N–H and O–H groups in total. The van der Waals surface area contributed by atoms with E-state index in [4.69, 9.17) is 5.73 Å². The van der Waals surface area contributed by atoms with Crippen molar-refractivity contribution in [3.05, 3.63) is 30.6 Å². The van der Waals surface area contributed by atoms with Crippen LogP contribution in [0.15, 0.2) is 40.6 Å². The highest BCUT2D eigenvalue weighted by molar-refractivity contribution is 7.99. The minimum absolute atomic E-state index is 0.00272. The summed E-state index contributed by atoms with van der Waals surface area (Å²) in [6.07, 6.45) is 2.84. The molecule has 1 unspecified atom stereocenters. The number of anilines is 1. The molecule has 0 bridgehead atoms. The number of amides is 1. The van der Waals surface area contributed by atoms with Gasteiger partial charge >= 0.3 is 0 Å². The van der Waals surface area contributed by atoms with E-state index in [1.54, 1.807) is 0 Å². The summed E-state index contributed by atoms with van der Waals surface area (Å²) in [5.41, 5.74) is 6.40. The van der Waals surface area contributed by atoms with Gasteiger partial charge in [-0.1, -0.05) is 25.1 Å². The number of aromatic amines is 1. The third-order valence-corrected chi connectivity index (χ3v) is 4.03. The molecule has 0 aliphatic heterocycles. The number of carbonyl (C=O) groups excluding carboxylic acids is 1. The Morgan fingerprint density at radius 2 is 2.19 bits per heavy atom. The smallest absolute Gasteiger partial charge is 0.224 e. The third-order valence-electron chi connectivity index (χ3n) is 3.13. The zero-order valence-electron chi connectivity index (χ0n) is 11.9. The number of aromatic nitrogens is 3. The van der Waals surface area contributed by atoms with Gasteiger partial charge in [0, 0.05) is 17.0 Å². The predicted molar refractivity (Wildman–Crippen MR) is 83.0 cm³/mol. The molecule has 0 aliphatic rings. The molecular formula is C14H19N5OS. The maximum Gasteiger partial charge on any atom is 0.224 e. The molecule has 1 aromatic carbocycles. The fraction of sp³-hybridized carbons (Fsp3) is 0.357. The lowest BCUT2D eigenvalue weighted by atomic mass is 10.0. The van der Waals surface area contributed by atoms with Crippen molar-refractivity contribution in [1.29, 1.82) is 0 Å². The quantitative estimate of drug-likeness (QED) is 0.729. The van der Waals surface area contributed by atoms with Crippen LogP contribution in [0.5, 0.6) is 0 Å².